The molecule has 1 rings (SSSR count). The summed E-state index contributed by atoms with van der Waals surface area (Å²) in [7, 11) is 1.96. The predicted octanol–water partition coefficient (Wildman–Crippen LogP) is 2.00. The van der Waals surface area contributed by atoms with Crippen LogP contribution in [0.1, 0.15) is 30.5 Å². The third-order valence-corrected chi connectivity index (χ3v) is 2.71. The minimum absolute atomic E-state index is 0.333. The largest absolute Gasteiger partial charge is 0.494 e. The van der Waals surface area contributed by atoms with Crippen molar-refractivity contribution < 1.29 is 4.74 Å². The first-order valence-corrected chi connectivity index (χ1v) is 5.83. The molecule has 0 amide bonds. The topological polar surface area (TPSA) is 47.3 Å². The number of ether oxygens (including phenoxy) is 1. The lowest BCUT2D eigenvalue weighted by atomic mass is 10.0. The quantitative estimate of drug-likeness (QED) is 0.774. The Kier molecular flexibility index (Phi) is 5.29. The highest BCUT2D eigenvalue weighted by Crippen LogP contribution is 2.24. The Labute approximate surface area is 98.0 Å². The third kappa shape index (κ3) is 3.22. The number of hydrogen-bond acceptors (Lipinski definition) is 3. The van der Waals surface area contributed by atoms with Gasteiger partial charge in [0.05, 0.1) is 6.61 Å². The van der Waals surface area contributed by atoms with Gasteiger partial charge in [-0.1, -0.05) is 12.1 Å². The number of hydrogen-bond donors (Lipinski definition) is 2. The number of nitrogens with two attached hydrogens (primary N) is 1. The fourth-order valence-corrected chi connectivity index (χ4v) is 1.85. The van der Waals surface area contributed by atoms with Crippen LogP contribution in [-0.2, 0) is 0 Å². The van der Waals surface area contributed by atoms with Crippen LogP contribution in [0.5, 0.6) is 5.75 Å². The molecule has 3 nitrogen and oxygen atoms in total. The molecular formula is C13H22N2O. The molecule has 3 heteroatoms. The van der Waals surface area contributed by atoms with E-state index in [0.717, 1.165) is 12.2 Å². The van der Waals surface area contributed by atoms with Gasteiger partial charge in [0.1, 0.15) is 5.75 Å². The second kappa shape index (κ2) is 6.51. The van der Waals surface area contributed by atoms with Gasteiger partial charge < -0.3 is 15.8 Å². The van der Waals surface area contributed by atoms with Crippen LogP contribution >= 0.6 is 0 Å². The van der Waals surface area contributed by atoms with Crippen LogP contribution in [0.25, 0.3) is 0 Å². The van der Waals surface area contributed by atoms with E-state index in [1.54, 1.807) is 0 Å². The van der Waals surface area contributed by atoms with E-state index in [1.165, 1.54) is 11.1 Å². The highest BCUT2D eigenvalue weighted by atomic mass is 16.5. The van der Waals surface area contributed by atoms with Gasteiger partial charge in [0.25, 0.3) is 0 Å². The highest BCUT2D eigenvalue weighted by molar-refractivity contribution is 5.37. The maximum absolute atomic E-state index is 5.59. The lowest BCUT2D eigenvalue weighted by molar-refractivity contribution is 0.337. The number of benzene rings is 1. The fraction of sp³-hybridized carbons (Fsp3) is 0.538. The molecule has 1 unspecified atom stereocenters. The molecule has 1 aromatic carbocycles. The summed E-state index contributed by atoms with van der Waals surface area (Å²) in [5, 5.41) is 3.28. The molecule has 0 aliphatic rings. The van der Waals surface area contributed by atoms with E-state index in [4.69, 9.17) is 10.5 Å². The van der Waals surface area contributed by atoms with Crippen molar-refractivity contribution in [3.8, 4) is 5.75 Å². The monoisotopic (exact) mass is 222 g/mol. The molecule has 1 aromatic rings. The standard InChI is InChI=1S/C13H22N2O/c1-4-16-13-6-5-11(9-10(13)2)12(15-3)7-8-14/h5-6,9,12,15H,4,7-8,14H2,1-3H3. The summed E-state index contributed by atoms with van der Waals surface area (Å²) in [4.78, 5) is 0. The summed E-state index contributed by atoms with van der Waals surface area (Å²) in [6.07, 6.45) is 0.948. The van der Waals surface area contributed by atoms with E-state index >= 15 is 0 Å². The van der Waals surface area contributed by atoms with Crippen LogP contribution in [0.4, 0.5) is 0 Å². The summed E-state index contributed by atoms with van der Waals surface area (Å²) in [5.41, 5.74) is 8.04. The summed E-state index contributed by atoms with van der Waals surface area (Å²) < 4.78 is 5.52. The molecule has 0 saturated heterocycles. The van der Waals surface area contributed by atoms with Gasteiger partial charge in [0.2, 0.25) is 0 Å². The van der Waals surface area contributed by atoms with Gasteiger partial charge in [-0.2, -0.15) is 0 Å². The normalized spacial score (nSPS) is 12.5. The molecule has 0 aliphatic carbocycles. The van der Waals surface area contributed by atoms with Crippen molar-refractivity contribution in [3.63, 3.8) is 0 Å². The van der Waals surface area contributed by atoms with E-state index in [0.29, 0.717) is 19.2 Å². The zero-order valence-electron chi connectivity index (χ0n) is 10.4. The van der Waals surface area contributed by atoms with E-state index in [1.807, 2.05) is 20.0 Å². The van der Waals surface area contributed by atoms with Crippen molar-refractivity contribution in [3.05, 3.63) is 29.3 Å². The van der Waals surface area contributed by atoms with Crippen molar-refractivity contribution >= 4 is 0 Å². The molecule has 1 atom stereocenters. The van der Waals surface area contributed by atoms with Crippen LogP contribution < -0.4 is 15.8 Å². The van der Waals surface area contributed by atoms with E-state index in [-0.39, 0.29) is 0 Å². The van der Waals surface area contributed by atoms with Crippen LogP contribution in [0.15, 0.2) is 18.2 Å². The minimum Gasteiger partial charge on any atom is -0.494 e. The van der Waals surface area contributed by atoms with Gasteiger partial charge >= 0.3 is 0 Å². The lowest BCUT2D eigenvalue weighted by Gasteiger charge is -2.17. The zero-order valence-corrected chi connectivity index (χ0v) is 10.4. The Hall–Kier alpha value is -1.06. The fourth-order valence-electron chi connectivity index (χ4n) is 1.85. The second-order valence-corrected chi connectivity index (χ2v) is 3.88. The summed E-state index contributed by atoms with van der Waals surface area (Å²) in [6.45, 7) is 5.47. The molecule has 0 saturated carbocycles. The van der Waals surface area contributed by atoms with Crippen molar-refractivity contribution in [1.82, 2.24) is 5.32 Å². The van der Waals surface area contributed by atoms with Crippen molar-refractivity contribution in [2.24, 2.45) is 5.73 Å². The summed E-state index contributed by atoms with van der Waals surface area (Å²) in [5.74, 6) is 0.967. The van der Waals surface area contributed by atoms with Gasteiger partial charge in [-0.05, 0) is 51.1 Å². The Balaban J connectivity index is 2.85. The Morgan fingerprint density at radius 2 is 2.19 bits per heavy atom. The van der Waals surface area contributed by atoms with E-state index in [9.17, 15) is 0 Å². The number of aryl methyl sites for hydroxylation is 1. The van der Waals surface area contributed by atoms with Crippen LogP contribution in [0, 0.1) is 6.92 Å². The van der Waals surface area contributed by atoms with Crippen LogP contribution in [0.3, 0.4) is 0 Å². The maximum atomic E-state index is 5.59. The molecule has 0 bridgehead atoms. The Morgan fingerprint density at radius 3 is 2.69 bits per heavy atom. The number of nitrogens with one attached hydrogen (secondary N) is 1. The first-order valence-electron chi connectivity index (χ1n) is 5.83. The molecule has 0 aromatic heterocycles. The Bertz CT molecular complexity index is 326. The third-order valence-electron chi connectivity index (χ3n) is 2.71. The maximum Gasteiger partial charge on any atom is 0.122 e. The van der Waals surface area contributed by atoms with Crippen molar-refractivity contribution in [1.29, 1.82) is 0 Å². The van der Waals surface area contributed by atoms with Crippen LogP contribution in [-0.4, -0.2) is 20.2 Å². The summed E-state index contributed by atoms with van der Waals surface area (Å²) >= 11 is 0. The van der Waals surface area contributed by atoms with E-state index < -0.39 is 0 Å². The molecule has 0 aliphatic heterocycles. The molecule has 90 valence electrons. The highest BCUT2D eigenvalue weighted by Gasteiger charge is 2.09. The average Bonchev–Trinajstić information content (AvgIpc) is 2.29. The lowest BCUT2D eigenvalue weighted by Crippen LogP contribution is -2.20. The number of rotatable bonds is 6. The van der Waals surface area contributed by atoms with Gasteiger partial charge in [-0.15, -0.1) is 0 Å². The smallest absolute Gasteiger partial charge is 0.122 e. The molecule has 0 fully saturated rings. The molecule has 0 radical (unpaired) electrons. The van der Waals surface area contributed by atoms with Gasteiger partial charge in [-0.3, -0.25) is 0 Å². The molecule has 3 N–H and O–H groups in total. The van der Waals surface area contributed by atoms with Gasteiger partial charge in [0, 0.05) is 6.04 Å². The van der Waals surface area contributed by atoms with Gasteiger partial charge in [0.15, 0.2) is 0 Å². The zero-order chi connectivity index (χ0) is 12.0. The Morgan fingerprint density at radius 1 is 1.44 bits per heavy atom. The predicted molar refractivity (Wildman–Crippen MR) is 67.8 cm³/mol. The molecule has 16 heavy (non-hydrogen) atoms. The summed E-state index contributed by atoms with van der Waals surface area (Å²) in [6, 6.07) is 6.64. The molecule has 0 heterocycles. The average molecular weight is 222 g/mol. The first kappa shape index (κ1) is 13.0. The van der Waals surface area contributed by atoms with Gasteiger partial charge in [-0.25, -0.2) is 0 Å². The first-order chi connectivity index (χ1) is 7.72. The van der Waals surface area contributed by atoms with Crippen molar-refractivity contribution in [2.75, 3.05) is 20.2 Å². The SMILES string of the molecule is CCOc1ccc(C(CCN)NC)cc1C. The second-order valence-electron chi connectivity index (χ2n) is 3.88. The van der Waals surface area contributed by atoms with E-state index in [2.05, 4.69) is 24.4 Å². The minimum atomic E-state index is 0.333. The molecule has 0 spiro atoms. The van der Waals surface area contributed by atoms with Crippen LogP contribution in [0.2, 0.25) is 0 Å². The van der Waals surface area contributed by atoms with Crippen molar-refractivity contribution in [2.45, 2.75) is 26.3 Å². The molecular weight excluding hydrogens is 200 g/mol.